The molecule has 0 aliphatic rings. The Morgan fingerprint density at radius 1 is 0.828 bits per heavy atom. The van der Waals surface area contributed by atoms with Gasteiger partial charge < -0.3 is 10.1 Å². The summed E-state index contributed by atoms with van der Waals surface area (Å²) in [7, 11) is 0. The van der Waals surface area contributed by atoms with Gasteiger partial charge in [0.25, 0.3) is 0 Å². The Morgan fingerprint density at radius 2 is 1.45 bits per heavy atom. The van der Waals surface area contributed by atoms with Crippen molar-refractivity contribution >= 4 is 29.1 Å². The fourth-order valence-electron chi connectivity index (χ4n) is 2.61. The first-order valence-corrected chi connectivity index (χ1v) is 9.52. The Morgan fingerprint density at radius 3 is 2.07 bits per heavy atom. The fourth-order valence-corrected chi connectivity index (χ4v) is 2.61. The number of esters is 1. The molecule has 29 heavy (non-hydrogen) atoms. The van der Waals surface area contributed by atoms with Crippen molar-refractivity contribution in [3.05, 3.63) is 65.7 Å². The number of Topliss-reactive ketones (excluding diaryl/α,β-unsaturated/α-hetero) is 2. The minimum atomic E-state index is -0.597. The number of amides is 1. The second-order valence-electron chi connectivity index (χ2n) is 7.10. The van der Waals surface area contributed by atoms with Crippen LogP contribution in [0.1, 0.15) is 53.8 Å². The molecule has 6 heteroatoms. The molecule has 0 radical (unpaired) electrons. The highest BCUT2D eigenvalue weighted by Crippen LogP contribution is 2.12. The Balaban J connectivity index is 1.76. The molecule has 0 saturated carbocycles. The Bertz CT molecular complexity index is 857. The molecule has 0 aromatic heterocycles. The smallest absolute Gasteiger partial charge is 0.306 e. The summed E-state index contributed by atoms with van der Waals surface area (Å²) >= 11 is 0. The minimum absolute atomic E-state index is 0.0296. The predicted molar refractivity (Wildman–Crippen MR) is 110 cm³/mol. The van der Waals surface area contributed by atoms with E-state index in [4.69, 9.17) is 4.74 Å². The van der Waals surface area contributed by atoms with Crippen molar-refractivity contribution in [1.82, 2.24) is 0 Å². The van der Waals surface area contributed by atoms with Gasteiger partial charge in [0, 0.05) is 29.7 Å². The first-order valence-electron chi connectivity index (χ1n) is 9.52. The molecule has 0 aliphatic carbocycles. The zero-order valence-electron chi connectivity index (χ0n) is 16.6. The standard InChI is InChI=1S/C23H25NO5/c1-16(2)14-22(27)24-19-10-8-18(9-11-19)21(26)15-29-23(28)13-12-20(25)17-6-4-3-5-7-17/h3-11,16H,12-15H2,1-2H3,(H,24,27). The number of ether oxygens (including phenoxy) is 1. The van der Waals surface area contributed by atoms with Gasteiger partial charge in [-0.15, -0.1) is 0 Å². The molecule has 0 unspecified atom stereocenters. The highest BCUT2D eigenvalue weighted by atomic mass is 16.5. The second-order valence-corrected chi connectivity index (χ2v) is 7.10. The first kappa shape index (κ1) is 22.0. The van der Waals surface area contributed by atoms with Gasteiger partial charge in [-0.2, -0.15) is 0 Å². The van der Waals surface area contributed by atoms with E-state index in [0.29, 0.717) is 23.2 Å². The zero-order valence-corrected chi connectivity index (χ0v) is 16.6. The number of anilines is 1. The molecule has 0 heterocycles. The molecule has 0 spiro atoms. The van der Waals surface area contributed by atoms with E-state index in [-0.39, 0.29) is 36.2 Å². The van der Waals surface area contributed by atoms with Gasteiger partial charge in [-0.25, -0.2) is 0 Å². The van der Waals surface area contributed by atoms with Crippen LogP contribution in [0.5, 0.6) is 0 Å². The van der Waals surface area contributed by atoms with Gasteiger partial charge in [-0.1, -0.05) is 44.2 Å². The van der Waals surface area contributed by atoms with Crippen LogP contribution in [0, 0.1) is 5.92 Å². The van der Waals surface area contributed by atoms with E-state index in [1.807, 2.05) is 19.9 Å². The quantitative estimate of drug-likeness (QED) is 0.484. The van der Waals surface area contributed by atoms with Crippen molar-refractivity contribution in [3.63, 3.8) is 0 Å². The van der Waals surface area contributed by atoms with Gasteiger partial charge >= 0.3 is 5.97 Å². The molecule has 2 aromatic carbocycles. The van der Waals surface area contributed by atoms with Crippen LogP contribution in [-0.2, 0) is 14.3 Å². The van der Waals surface area contributed by atoms with E-state index in [2.05, 4.69) is 5.32 Å². The van der Waals surface area contributed by atoms with Crippen LogP contribution >= 0.6 is 0 Å². The van der Waals surface area contributed by atoms with Gasteiger partial charge in [0.15, 0.2) is 18.2 Å². The maximum atomic E-state index is 12.2. The van der Waals surface area contributed by atoms with Crippen LogP contribution in [0.15, 0.2) is 54.6 Å². The molecule has 0 fully saturated rings. The summed E-state index contributed by atoms with van der Waals surface area (Å²) in [4.78, 5) is 47.7. The first-order chi connectivity index (χ1) is 13.8. The van der Waals surface area contributed by atoms with E-state index < -0.39 is 12.6 Å². The third kappa shape index (κ3) is 7.70. The molecule has 0 atom stereocenters. The summed E-state index contributed by atoms with van der Waals surface area (Å²) in [5.74, 6) is -0.927. The van der Waals surface area contributed by atoms with Crippen molar-refractivity contribution in [1.29, 1.82) is 0 Å². The maximum Gasteiger partial charge on any atom is 0.306 e. The van der Waals surface area contributed by atoms with Crippen molar-refractivity contribution in [2.24, 2.45) is 5.92 Å². The number of hydrogen-bond acceptors (Lipinski definition) is 5. The van der Waals surface area contributed by atoms with E-state index in [1.165, 1.54) is 0 Å². The largest absolute Gasteiger partial charge is 0.457 e. The minimum Gasteiger partial charge on any atom is -0.457 e. The number of carbonyl (C=O) groups is 4. The molecule has 6 nitrogen and oxygen atoms in total. The Labute approximate surface area is 170 Å². The average Bonchev–Trinajstić information content (AvgIpc) is 2.70. The SMILES string of the molecule is CC(C)CC(=O)Nc1ccc(C(=O)COC(=O)CCC(=O)c2ccccc2)cc1. The summed E-state index contributed by atoms with van der Waals surface area (Å²) < 4.78 is 4.97. The van der Waals surface area contributed by atoms with Gasteiger partial charge in [-0.05, 0) is 30.2 Å². The molecular formula is C23H25NO5. The molecule has 2 rings (SSSR count). The van der Waals surface area contributed by atoms with Crippen molar-refractivity contribution in [2.75, 3.05) is 11.9 Å². The van der Waals surface area contributed by atoms with Crippen LogP contribution in [0.4, 0.5) is 5.69 Å². The fraction of sp³-hybridized carbons (Fsp3) is 0.304. The third-order valence-electron chi connectivity index (χ3n) is 4.10. The number of hydrogen-bond donors (Lipinski definition) is 1. The third-order valence-corrected chi connectivity index (χ3v) is 4.10. The zero-order chi connectivity index (χ0) is 21.2. The van der Waals surface area contributed by atoms with E-state index >= 15 is 0 Å². The van der Waals surface area contributed by atoms with Gasteiger partial charge in [0.1, 0.15) is 0 Å². The van der Waals surface area contributed by atoms with Crippen LogP contribution < -0.4 is 5.32 Å². The van der Waals surface area contributed by atoms with Crippen LogP contribution in [-0.4, -0.2) is 30.0 Å². The highest BCUT2D eigenvalue weighted by molar-refractivity contribution is 5.99. The number of ketones is 2. The second kappa shape index (κ2) is 10.9. The topological polar surface area (TPSA) is 89.5 Å². The highest BCUT2D eigenvalue weighted by Gasteiger charge is 2.13. The molecule has 2 aromatic rings. The lowest BCUT2D eigenvalue weighted by Crippen LogP contribution is -2.16. The van der Waals surface area contributed by atoms with Crippen molar-refractivity contribution in [2.45, 2.75) is 33.1 Å². The molecule has 0 bridgehead atoms. The molecule has 1 amide bonds. The van der Waals surface area contributed by atoms with Crippen LogP contribution in [0.25, 0.3) is 0 Å². The van der Waals surface area contributed by atoms with Crippen LogP contribution in [0.3, 0.4) is 0 Å². The lowest BCUT2D eigenvalue weighted by Gasteiger charge is -2.08. The summed E-state index contributed by atoms with van der Waals surface area (Å²) in [5.41, 5.74) is 1.51. The molecule has 0 aliphatic heterocycles. The van der Waals surface area contributed by atoms with E-state index in [1.54, 1.807) is 48.5 Å². The number of carbonyl (C=O) groups excluding carboxylic acids is 4. The number of nitrogens with one attached hydrogen (secondary N) is 1. The normalized spacial score (nSPS) is 10.4. The summed E-state index contributed by atoms with van der Waals surface area (Å²) in [6.45, 7) is 3.53. The van der Waals surface area contributed by atoms with Crippen molar-refractivity contribution in [3.8, 4) is 0 Å². The van der Waals surface area contributed by atoms with Crippen molar-refractivity contribution < 1.29 is 23.9 Å². The Kier molecular flexibility index (Phi) is 8.27. The summed E-state index contributed by atoms with van der Waals surface area (Å²) in [5, 5.41) is 2.76. The van der Waals surface area contributed by atoms with Gasteiger partial charge in [0.2, 0.25) is 5.91 Å². The molecule has 0 saturated heterocycles. The summed E-state index contributed by atoms with van der Waals surface area (Å²) in [6, 6.07) is 15.1. The average molecular weight is 395 g/mol. The predicted octanol–water partition coefficient (Wildman–Crippen LogP) is 4.06. The monoisotopic (exact) mass is 395 g/mol. The number of rotatable bonds is 10. The maximum absolute atomic E-state index is 12.2. The van der Waals surface area contributed by atoms with E-state index in [9.17, 15) is 19.2 Å². The molecule has 1 N–H and O–H groups in total. The molecule has 152 valence electrons. The lowest BCUT2D eigenvalue weighted by atomic mass is 10.1. The van der Waals surface area contributed by atoms with E-state index in [0.717, 1.165) is 0 Å². The van der Waals surface area contributed by atoms with Gasteiger partial charge in [-0.3, -0.25) is 19.2 Å². The lowest BCUT2D eigenvalue weighted by molar-refractivity contribution is -0.142. The summed E-state index contributed by atoms with van der Waals surface area (Å²) in [6.07, 6.45) is 0.368. The van der Waals surface area contributed by atoms with Gasteiger partial charge in [0.05, 0.1) is 6.42 Å². The number of benzene rings is 2. The van der Waals surface area contributed by atoms with Crippen LogP contribution in [0.2, 0.25) is 0 Å². The Hall–Kier alpha value is -3.28. The molecular weight excluding hydrogens is 370 g/mol.